The summed E-state index contributed by atoms with van der Waals surface area (Å²) >= 11 is 0. The number of nitrogen functional groups attached to an aromatic ring is 1. The van der Waals surface area contributed by atoms with Crippen LogP contribution in [0.5, 0.6) is 0 Å². The van der Waals surface area contributed by atoms with Gasteiger partial charge in [0.25, 0.3) is 0 Å². The Labute approximate surface area is 111 Å². The highest BCUT2D eigenvalue weighted by atomic mass is 16.3. The van der Waals surface area contributed by atoms with Crippen LogP contribution in [0.4, 0.5) is 5.82 Å². The third-order valence-electron chi connectivity index (χ3n) is 3.00. The van der Waals surface area contributed by atoms with Crippen molar-refractivity contribution in [2.24, 2.45) is 0 Å². The second-order valence-corrected chi connectivity index (χ2v) is 4.39. The average molecular weight is 253 g/mol. The minimum absolute atomic E-state index is 0.653. The minimum Gasteiger partial charge on any atom is -0.469 e. The molecule has 2 N–H and O–H groups in total. The highest BCUT2D eigenvalue weighted by molar-refractivity contribution is 5.42. The summed E-state index contributed by atoms with van der Waals surface area (Å²) in [5, 5.41) is 4.53. The fraction of sp³-hybridized carbons (Fsp3) is 0.133. The predicted octanol–water partition coefficient (Wildman–Crippen LogP) is 2.83. The zero-order valence-corrected chi connectivity index (χ0v) is 10.5. The number of hydrogen-bond donors (Lipinski definition) is 1. The molecule has 0 saturated heterocycles. The fourth-order valence-electron chi connectivity index (χ4n) is 2.05. The molecule has 1 aromatic carbocycles. The molecule has 2 heterocycles. The van der Waals surface area contributed by atoms with Gasteiger partial charge in [0.05, 0.1) is 17.6 Å². The van der Waals surface area contributed by atoms with Crippen molar-refractivity contribution in [2.75, 3.05) is 5.73 Å². The van der Waals surface area contributed by atoms with Crippen molar-refractivity contribution in [3.8, 4) is 5.69 Å². The molecule has 0 atom stereocenters. The molecule has 0 aliphatic carbocycles. The largest absolute Gasteiger partial charge is 0.469 e. The molecule has 0 radical (unpaired) electrons. The van der Waals surface area contributed by atoms with E-state index in [0.717, 1.165) is 30.0 Å². The molecule has 0 saturated carbocycles. The van der Waals surface area contributed by atoms with E-state index in [2.05, 4.69) is 5.10 Å². The molecule has 4 nitrogen and oxygen atoms in total. The van der Waals surface area contributed by atoms with E-state index >= 15 is 0 Å². The predicted molar refractivity (Wildman–Crippen MR) is 74.1 cm³/mol. The summed E-state index contributed by atoms with van der Waals surface area (Å²) in [6.07, 6.45) is 3.34. The van der Waals surface area contributed by atoms with Gasteiger partial charge in [-0.05, 0) is 30.7 Å². The van der Waals surface area contributed by atoms with Crippen LogP contribution in [-0.2, 0) is 12.8 Å². The Kier molecular flexibility index (Phi) is 3.06. The highest BCUT2D eigenvalue weighted by Gasteiger charge is 2.07. The SMILES string of the molecule is Nc1cc(CCc2ccco2)nn1-c1ccccc1. The first-order valence-electron chi connectivity index (χ1n) is 6.25. The summed E-state index contributed by atoms with van der Waals surface area (Å²) in [5.41, 5.74) is 7.95. The van der Waals surface area contributed by atoms with Crippen LogP contribution in [0.2, 0.25) is 0 Å². The molecule has 0 aliphatic rings. The quantitative estimate of drug-likeness (QED) is 0.777. The zero-order chi connectivity index (χ0) is 13.1. The molecule has 3 rings (SSSR count). The molecule has 0 bridgehead atoms. The molecule has 0 spiro atoms. The molecule has 0 fully saturated rings. The lowest BCUT2D eigenvalue weighted by atomic mass is 10.2. The molecule has 96 valence electrons. The van der Waals surface area contributed by atoms with Gasteiger partial charge < -0.3 is 10.2 Å². The molecular formula is C15H15N3O. The highest BCUT2D eigenvalue weighted by Crippen LogP contribution is 2.15. The van der Waals surface area contributed by atoms with Crippen molar-refractivity contribution in [2.45, 2.75) is 12.8 Å². The summed E-state index contributed by atoms with van der Waals surface area (Å²) in [6.45, 7) is 0. The number of aryl methyl sites for hydroxylation is 2. The molecule has 0 unspecified atom stereocenters. The topological polar surface area (TPSA) is 57.0 Å². The Hall–Kier alpha value is -2.49. The average Bonchev–Trinajstić information content (AvgIpc) is 3.07. The van der Waals surface area contributed by atoms with E-state index in [0.29, 0.717) is 5.82 Å². The molecule has 3 aromatic rings. The van der Waals surface area contributed by atoms with Crippen LogP contribution in [0.25, 0.3) is 5.69 Å². The third kappa shape index (κ3) is 2.52. The molecule has 2 aromatic heterocycles. The van der Waals surface area contributed by atoms with Crippen LogP contribution in [0.15, 0.2) is 59.2 Å². The second kappa shape index (κ2) is 5.02. The minimum atomic E-state index is 0.653. The number of furan rings is 1. The number of benzene rings is 1. The first-order chi connectivity index (χ1) is 9.33. The van der Waals surface area contributed by atoms with Gasteiger partial charge in [0.1, 0.15) is 11.6 Å². The lowest BCUT2D eigenvalue weighted by Crippen LogP contribution is -2.01. The van der Waals surface area contributed by atoms with E-state index in [4.69, 9.17) is 10.2 Å². The van der Waals surface area contributed by atoms with Gasteiger partial charge in [0, 0.05) is 12.5 Å². The number of nitrogens with two attached hydrogens (primary N) is 1. The number of anilines is 1. The Morgan fingerprint density at radius 3 is 2.63 bits per heavy atom. The molecule has 0 amide bonds. The normalized spacial score (nSPS) is 10.7. The van der Waals surface area contributed by atoms with E-state index in [9.17, 15) is 0 Å². The van der Waals surface area contributed by atoms with Gasteiger partial charge in [-0.2, -0.15) is 5.10 Å². The van der Waals surface area contributed by atoms with Crippen LogP contribution in [0, 0.1) is 0 Å². The monoisotopic (exact) mass is 253 g/mol. The number of para-hydroxylation sites is 1. The Morgan fingerprint density at radius 2 is 1.89 bits per heavy atom. The smallest absolute Gasteiger partial charge is 0.127 e. The van der Waals surface area contributed by atoms with Crippen LogP contribution >= 0.6 is 0 Å². The Bertz CT molecular complexity index is 641. The third-order valence-corrected chi connectivity index (χ3v) is 3.00. The van der Waals surface area contributed by atoms with E-state index in [1.54, 1.807) is 10.9 Å². The van der Waals surface area contributed by atoms with Crippen molar-refractivity contribution in [3.05, 3.63) is 66.2 Å². The van der Waals surface area contributed by atoms with Crippen LogP contribution in [0.3, 0.4) is 0 Å². The lowest BCUT2D eigenvalue weighted by Gasteiger charge is -2.02. The van der Waals surface area contributed by atoms with Crippen LogP contribution in [-0.4, -0.2) is 9.78 Å². The summed E-state index contributed by atoms with van der Waals surface area (Å²) < 4.78 is 7.07. The number of nitrogens with zero attached hydrogens (tertiary/aromatic N) is 2. The molecule has 0 aliphatic heterocycles. The van der Waals surface area contributed by atoms with Crippen LogP contribution in [0.1, 0.15) is 11.5 Å². The summed E-state index contributed by atoms with van der Waals surface area (Å²) in [7, 11) is 0. The number of aromatic nitrogens is 2. The summed E-state index contributed by atoms with van der Waals surface area (Å²) in [4.78, 5) is 0. The standard InChI is InChI=1S/C15H15N3O/c16-15-11-12(8-9-14-7-4-10-19-14)17-18(15)13-5-2-1-3-6-13/h1-7,10-11H,8-9,16H2. The van der Waals surface area contributed by atoms with Crippen molar-refractivity contribution in [1.82, 2.24) is 9.78 Å². The van der Waals surface area contributed by atoms with Gasteiger partial charge in [0.2, 0.25) is 0 Å². The Balaban J connectivity index is 1.78. The summed E-state index contributed by atoms with van der Waals surface area (Å²) in [6, 6.07) is 15.7. The first kappa shape index (κ1) is 11.6. The number of hydrogen-bond acceptors (Lipinski definition) is 3. The van der Waals surface area contributed by atoms with Gasteiger partial charge in [-0.1, -0.05) is 18.2 Å². The maximum Gasteiger partial charge on any atom is 0.127 e. The molecular weight excluding hydrogens is 238 g/mol. The molecule has 19 heavy (non-hydrogen) atoms. The van der Waals surface area contributed by atoms with E-state index in [1.807, 2.05) is 48.5 Å². The number of rotatable bonds is 4. The second-order valence-electron chi connectivity index (χ2n) is 4.39. The van der Waals surface area contributed by atoms with Gasteiger partial charge in [-0.25, -0.2) is 4.68 Å². The van der Waals surface area contributed by atoms with Crippen molar-refractivity contribution < 1.29 is 4.42 Å². The Morgan fingerprint density at radius 1 is 1.05 bits per heavy atom. The van der Waals surface area contributed by atoms with Crippen molar-refractivity contribution >= 4 is 5.82 Å². The summed E-state index contributed by atoms with van der Waals surface area (Å²) in [5.74, 6) is 1.62. The first-order valence-corrected chi connectivity index (χ1v) is 6.25. The van der Waals surface area contributed by atoms with E-state index in [1.165, 1.54) is 0 Å². The van der Waals surface area contributed by atoms with Gasteiger partial charge in [-0.15, -0.1) is 0 Å². The fourth-order valence-corrected chi connectivity index (χ4v) is 2.05. The van der Waals surface area contributed by atoms with Gasteiger partial charge in [-0.3, -0.25) is 0 Å². The van der Waals surface area contributed by atoms with E-state index < -0.39 is 0 Å². The molecule has 4 heteroatoms. The van der Waals surface area contributed by atoms with Crippen LogP contribution < -0.4 is 5.73 Å². The van der Waals surface area contributed by atoms with Gasteiger partial charge >= 0.3 is 0 Å². The maximum atomic E-state index is 6.00. The van der Waals surface area contributed by atoms with Gasteiger partial charge in [0.15, 0.2) is 0 Å². The van der Waals surface area contributed by atoms with Crippen molar-refractivity contribution in [1.29, 1.82) is 0 Å². The van der Waals surface area contributed by atoms with E-state index in [-0.39, 0.29) is 0 Å². The maximum absolute atomic E-state index is 6.00. The lowest BCUT2D eigenvalue weighted by molar-refractivity contribution is 0.507. The van der Waals surface area contributed by atoms with Crippen molar-refractivity contribution in [3.63, 3.8) is 0 Å². The zero-order valence-electron chi connectivity index (χ0n) is 10.5.